The molecule has 0 aromatic heterocycles. The summed E-state index contributed by atoms with van der Waals surface area (Å²) in [6.45, 7) is 3.88. The van der Waals surface area contributed by atoms with Crippen molar-refractivity contribution < 1.29 is 13.6 Å². The quantitative estimate of drug-likeness (QED) is 0.548. The Morgan fingerprint density at radius 1 is 1.46 bits per heavy atom. The van der Waals surface area contributed by atoms with Crippen LogP contribution in [0.25, 0.3) is 0 Å². The van der Waals surface area contributed by atoms with Crippen LogP contribution in [0.3, 0.4) is 0 Å². The predicted octanol–water partition coefficient (Wildman–Crippen LogP) is 1.78. The molecule has 0 aliphatic rings. The highest BCUT2D eigenvalue weighted by atomic mass is 32.1. The highest BCUT2D eigenvalue weighted by Crippen LogP contribution is 2.37. The van der Waals surface area contributed by atoms with Crippen LogP contribution in [0.5, 0.6) is 0 Å². The third-order valence-electron chi connectivity index (χ3n) is 2.04. The summed E-state index contributed by atoms with van der Waals surface area (Å²) < 4.78 is 10.4. The third kappa shape index (κ3) is 3.09. The van der Waals surface area contributed by atoms with Crippen LogP contribution in [0, 0.1) is 0 Å². The van der Waals surface area contributed by atoms with E-state index in [9.17, 15) is 4.79 Å². The Balaban J connectivity index is 4.64. The first-order chi connectivity index (χ1) is 6.02. The summed E-state index contributed by atoms with van der Waals surface area (Å²) in [6, 6.07) is 0. The van der Waals surface area contributed by atoms with E-state index in [1.54, 1.807) is 14.2 Å². The van der Waals surface area contributed by atoms with Gasteiger partial charge in [0.15, 0.2) is 5.12 Å². The molecule has 5 heteroatoms. The van der Waals surface area contributed by atoms with E-state index in [0.717, 1.165) is 12.8 Å². The number of hydrogen-bond donors (Lipinski definition) is 1. The van der Waals surface area contributed by atoms with E-state index < -0.39 is 14.3 Å². The molecule has 0 N–H and O–H groups in total. The molecule has 0 saturated heterocycles. The van der Waals surface area contributed by atoms with Crippen LogP contribution in [-0.2, 0) is 13.6 Å². The van der Waals surface area contributed by atoms with Crippen LogP contribution in [0.2, 0.25) is 5.04 Å². The zero-order valence-electron chi connectivity index (χ0n) is 8.59. The van der Waals surface area contributed by atoms with Crippen LogP contribution in [0.4, 0.5) is 0 Å². The first kappa shape index (κ1) is 13.2. The van der Waals surface area contributed by atoms with Gasteiger partial charge in [-0.1, -0.05) is 13.3 Å². The van der Waals surface area contributed by atoms with Gasteiger partial charge in [-0.15, -0.1) is 12.6 Å². The van der Waals surface area contributed by atoms with E-state index in [1.165, 1.54) is 0 Å². The SMILES string of the molecule is CCCC(C)(C(=O)S)[Si](OC)OC. The molecule has 1 radical (unpaired) electrons. The van der Waals surface area contributed by atoms with Crippen LogP contribution in [0.1, 0.15) is 26.7 Å². The maximum absolute atomic E-state index is 11.3. The van der Waals surface area contributed by atoms with Gasteiger partial charge in [-0.05, 0) is 13.3 Å². The van der Waals surface area contributed by atoms with Crippen molar-refractivity contribution in [1.82, 2.24) is 0 Å². The minimum atomic E-state index is -1.55. The summed E-state index contributed by atoms with van der Waals surface area (Å²) in [6.07, 6.45) is 1.68. The number of carbonyl (C=O) groups excluding carboxylic acids is 1. The molecule has 0 amide bonds. The van der Waals surface area contributed by atoms with Crippen LogP contribution in [0.15, 0.2) is 0 Å². The Morgan fingerprint density at radius 2 is 1.92 bits per heavy atom. The van der Waals surface area contributed by atoms with Crippen LogP contribution < -0.4 is 0 Å². The zero-order chi connectivity index (χ0) is 10.5. The van der Waals surface area contributed by atoms with Gasteiger partial charge in [0.25, 0.3) is 0 Å². The number of rotatable bonds is 6. The number of thiol groups is 1. The molecule has 0 bridgehead atoms. The second kappa shape index (κ2) is 5.80. The fourth-order valence-electron chi connectivity index (χ4n) is 1.33. The molecule has 0 aliphatic heterocycles. The molecule has 0 fully saturated rings. The minimum absolute atomic E-state index is 0.146. The van der Waals surface area contributed by atoms with Gasteiger partial charge in [-0.2, -0.15) is 0 Å². The molecule has 77 valence electrons. The Hall–Kier alpha value is 0.157. The highest BCUT2D eigenvalue weighted by molar-refractivity contribution is 7.97. The van der Waals surface area contributed by atoms with Gasteiger partial charge in [-0.3, -0.25) is 4.79 Å². The maximum atomic E-state index is 11.3. The molecule has 0 rings (SSSR count). The van der Waals surface area contributed by atoms with Gasteiger partial charge >= 0.3 is 9.28 Å². The Kier molecular flexibility index (Phi) is 5.87. The summed E-state index contributed by atoms with van der Waals surface area (Å²) >= 11 is 3.89. The molecule has 1 atom stereocenters. The van der Waals surface area contributed by atoms with E-state index in [2.05, 4.69) is 12.6 Å². The highest BCUT2D eigenvalue weighted by Gasteiger charge is 2.43. The van der Waals surface area contributed by atoms with Gasteiger partial charge in [0.1, 0.15) is 0 Å². The number of carbonyl (C=O) groups is 1. The fourth-order valence-corrected chi connectivity index (χ4v) is 3.41. The lowest BCUT2D eigenvalue weighted by atomic mass is 10.1. The monoisotopic (exact) mass is 221 g/mol. The van der Waals surface area contributed by atoms with Gasteiger partial charge < -0.3 is 8.85 Å². The largest absolute Gasteiger partial charge is 0.399 e. The van der Waals surface area contributed by atoms with Crippen molar-refractivity contribution in [1.29, 1.82) is 0 Å². The van der Waals surface area contributed by atoms with Gasteiger partial charge in [0.2, 0.25) is 0 Å². The summed E-state index contributed by atoms with van der Waals surface area (Å²) in [5.74, 6) is 0. The standard InChI is InChI=1S/C8H17O3SSi/c1-5-6-8(2,7(9)12)13(10-3)11-4/h5-6H2,1-4H3,(H,9,12). The summed E-state index contributed by atoms with van der Waals surface area (Å²) in [4.78, 5) is 11.3. The zero-order valence-corrected chi connectivity index (χ0v) is 10.5. The topological polar surface area (TPSA) is 35.5 Å². The normalized spacial score (nSPS) is 15.8. The molecule has 0 heterocycles. The molecule has 0 aromatic carbocycles. The summed E-state index contributed by atoms with van der Waals surface area (Å²) in [5.41, 5.74) is 0. The van der Waals surface area contributed by atoms with Crippen molar-refractivity contribution in [3.63, 3.8) is 0 Å². The van der Waals surface area contributed by atoms with Crippen molar-refractivity contribution in [2.24, 2.45) is 0 Å². The molecule has 1 unspecified atom stereocenters. The van der Waals surface area contributed by atoms with Gasteiger partial charge in [-0.25, -0.2) is 0 Å². The van der Waals surface area contributed by atoms with Crippen LogP contribution in [-0.4, -0.2) is 28.6 Å². The molecule has 0 spiro atoms. The van der Waals surface area contributed by atoms with Crippen molar-refractivity contribution in [2.45, 2.75) is 31.7 Å². The molecular weight excluding hydrogens is 204 g/mol. The lowest BCUT2D eigenvalue weighted by molar-refractivity contribution is -0.114. The first-order valence-corrected chi connectivity index (χ1v) is 5.98. The molecular formula is C8H17O3SSi. The summed E-state index contributed by atoms with van der Waals surface area (Å²) in [7, 11) is 1.60. The van der Waals surface area contributed by atoms with Crippen molar-refractivity contribution >= 4 is 27.0 Å². The minimum Gasteiger partial charge on any atom is -0.396 e. The van der Waals surface area contributed by atoms with E-state index >= 15 is 0 Å². The van der Waals surface area contributed by atoms with E-state index in [-0.39, 0.29) is 5.12 Å². The first-order valence-electron chi connectivity index (χ1n) is 4.21. The molecule has 13 heavy (non-hydrogen) atoms. The van der Waals surface area contributed by atoms with Crippen LogP contribution >= 0.6 is 12.6 Å². The van der Waals surface area contributed by atoms with Gasteiger partial charge in [0.05, 0.1) is 5.04 Å². The fraction of sp³-hybridized carbons (Fsp3) is 0.875. The van der Waals surface area contributed by atoms with Crippen molar-refractivity contribution in [3.05, 3.63) is 0 Å². The Bertz CT molecular complexity index is 173. The van der Waals surface area contributed by atoms with Crippen molar-refractivity contribution in [3.8, 4) is 0 Å². The molecule has 0 saturated carbocycles. The Labute approximate surface area is 87.1 Å². The average Bonchev–Trinajstić information content (AvgIpc) is 2.06. The lowest BCUT2D eigenvalue weighted by Crippen LogP contribution is -2.38. The number of hydrogen-bond acceptors (Lipinski definition) is 3. The summed E-state index contributed by atoms with van der Waals surface area (Å²) in [5, 5.41) is -0.696. The second-order valence-electron chi connectivity index (χ2n) is 3.08. The van der Waals surface area contributed by atoms with E-state index in [1.807, 2.05) is 13.8 Å². The maximum Gasteiger partial charge on any atom is 0.399 e. The average molecular weight is 221 g/mol. The molecule has 0 aliphatic carbocycles. The molecule has 0 aromatic rings. The second-order valence-corrected chi connectivity index (χ2v) is 5.98. The van der Waals surface area contributed by atoms with E-state index in [0.29, 0.717) is 0 Å². The van der Waals surface area contributed by atoms with E-state index in [4.69, 9.17) is 8.85 Å². The Morgan fingerprint density at radius 3 is 2.15 bits per heavy atom. The smallest absolute Gasteiger partial charge is 0.396 e. The van der Waals surface area contributed by atoms with Crippen molar-refractivity contribution in [2.75, 3.05) is 14.2 Å². The lowest BCUT2D eigenvalue weighted by Gasteiger charge is -2.28. The third-order valence-corrected chi connectivity index (χ3v) is 4.87. The molecule has 3 nitrogen and oxygen atoms in total. The van der Waals surface area contributed by atoms with Gasteiger partial charge in [0, 0.05) is 14.2 Å². The predicted molar refractivity (Wildman–Crippen MR) is 57.0 cm³/mol.